The summed E-state index contributed by atoms with van der Waals surface area (Å²) in [6.45, 7) is 5.01. The Balaban J connectivity index is 1.48. The number of hydrogen-bond acceptors (Lipinski definition) is 5. The van der Waals surface area contributed by atoms with Gasteiger partial charge in [0.1, 0.15) is 23.6 Å². The van der Waals surface area contributed by atoms with E-state index in [0.717, 1.165) is 32.0 Å². The number of carbonyl (C=O) groups excluding carboxylic acids is 2. The monoisotopic (exact) mass is 429 g/mol. The van der Waals surface area contributed by atoms with Crippen molar-refractivity contribution < 1.29 is 19.1 Å². The third-order valence-electron chi connectivity index (χ3n) is 7.01. The lowest BCUT2D eigenvalue weighted by Gasteiger charge is -2.37. The SMILES string of the molecule is CCC1C(=O)NCCN1C(=O)c1cc(OC)ccc1OC1CCN(C2CCCC2)CC1. The largest absolute Gasteiger partial charge is 0.497 e. The summed E-state index contributed by atoms with van der Waals surface area (Å²) in [5.41, 5.74) is 0.478. The second-order valence-electron chi connectivity index (χ2n) is 8.87. The van der Waals surface area contributed by atoms with Gasteiger partial charge in [0.25, 0.3) is 5.91 Å². The molecule has 3 fully saturated rings. The maximum atomic E-state index is 13.5. The van der Waals surface area contributed by atoms with Gasteiger partial charge in [-0.25, -0.2) is 0 Å². The second-order valence-corrected chi connectivity index (χ2v) is 8.87. The molecular weight excluding hydrogens is 394 g/mol. The molecular formula is C24H35N3O4. The van der Waals surface area contributed by atoms with Gasteiger partial charge in [0.15, 0.2) is 0 Å². The van der Waals surface area contributed by atoms with Crippen molar-refractivity contribution in [1.82, 2.24) is 15.1 Å². The first-order valence-corrected chi connectivity index (χ1v) is 11.8. The van der Waals surface area contributed by atoms with Crippen molar-refractivity contribution in [3.8, 4) is 11.5 Å². The Morgan fingerprint density at radius 3 is 2.55 bits per heavy atom. The lowest BCUT2D eigenvalue weighted by atomic mass is 10.0. The van der Waals surface area contributed by atoms with Crippen molar-refractivity contribution in [3.05, 3.63) is 23.8 Å². The Morgan fingerprint density at radius 1 is 1.13 bits per heavy atom. The quantitative estimate of drug-likeness (QED) is 0.753. The second kappa shape index (κ2) is 9.90. The molecule has 1 atom stereocenters. The van der Waals surface area contributed by atoms with Crippen LogP contribution in [0.2, 0.25) is 0 Å². The molecule has 0 radical (unpaired) electrons. The summed E-state index contributed by atoms with van der Waals surface area (Å²) in [7, 11) is 1.59. The van der Waals surface area contributed by atoms with Gasteiger partial charge >= 0.3 is 0 Å². The van der Waals surface area contributed by atoms with E-state index in [4.69, 9.17) is 9.47 Å². The average Bonchev–Trinajstić information content (AvgIpc) is 3.34. The number of nitrogens with zero attached hydrogens (tertiary/aromatic N) is 2. The van der Waals surface area contributed by atoms with Gasteiger partial charge in [0, 0.05) is 32.2 Å². The number of methoxy groups -OCH3 is 1. The first-order chi connectivity index (χ1) is 15.1. The van der Waals surface area contributed by atoms with Crippen molar-refractivity contribution in [2.75, 3.05) is 33.3 Å². The predicted molar refractivity (Wildman–Crippen MR) is 119 cm³/mol. The van der Waals surface area contributed by atoms with E-state index in [1.54, 1.807) is 18.1 Å². The molecule has 1 unspecified atom stereocenters. The molecule has 0 bridgehead atoms. The van der Waals surface area contributed by atoms with Crippen molar-refractivity contribution in [2.24, 2.45) is 0 Å². The highest BCUT2D eigenvalue weighted by Crippen LogP contribution is 2.31. The molecule has 1 N–H and O–H groups in total. The van der Waals surface area contributed by atoms with E-state index in [9.17, 15) is 9.59 Å². The third-order valence-corrected chi connectivity index (χ3v) is 7.01. The summed E-state index contributed by atoms with van der Waals surface area (Å²) in [5.74, 6) is 0.943. The molecule has 2 saturated heterocycles. The Labute approximate surface area is 185 Å². The van der Waals surface area contributed by atoms with Crippen molar-refractivity contribution in [2.45, 2.75) is 70.1 Å². The molecule has 2 amide bonds. The van der Waals surface area contributed by atoms with Crippen LogP contribution in [0.25, 0.3) is 0 Å². The normalized spacial score (nSPS) is 23.6. The van der Waals surface area contributed by atoms with Gasteiger partial charge in [-0.2, -0.15) is 0 Å². The lowest BCUT2D eigenvalue weighted by Crippen LogP contribution is -2.57. The van der Waals surface area contributed by atoms with Crippen LogP contribution in [-0.4, -0.2) is 73.1 Å². The van der Waals surface area contributed by atoms with Crippen molar-refractivity contribution in [3.63, 3.8) is 0 Å². The van der Waals surface area contributed by atoms with E-state index >= 15 is 0 Å². The van der Waals surface area contributed by atoms with Gasteiger partial charge in [-0.3, -0.25) is 9.59 Å². The summed E-state index contributed by atoms with van der Waals surface area (Å²) in [5, 5.41) is 2.86. The molecule has 0 spiro atoms. The Kier molecular flexibility index (Phi) is 7.00. The lowest BCUT2D eigenvalue weighted by molar-refractivity contribution is -0.127. The summed E-state index contributed by atoms with van der Waals surface area (Å²) in [4.78, 5) is 30.0. The third kappa shape index (κ3) is 4.81. The molecule has 1 saturated carbocycles. The minimum atomic E-state index is -0.449. The first kappa shape index (κ1) is 21.9. The molecule has 3 aliphatic rings. The molecule has 1 aromatic carbocycles. The minimum absolute atomic E-state index is 0.0910. The average molecular weight is 430 g/mol. The van der Waals surface area contributed by atoms with E-state index in [0.29, 0.717) is 36.6 Å². The van der Waals surface area contributed by atoms with Crippen LogP contribution in [0.1, 0.15) is 62.2 Å². The number of carbonyl (C=O) groups is 2. The van der Waals surface area contributed by atoms with Crippen LogP contribution in [0.4, 0.5) is 0 Å². The van der Waals surface area contributed by atoms with Crippen molar-refractivity contribution >= 4 is 11.8 Å². The van der Waals surface area contributed by atoms with Crippen LogP contribution in [0.5, 0.6) is 11.5 Å². The van der Waals surface area contributed by atoms with Crippen molar-refractivity contribution in [1.29, 1.82) is 0 Å². The fourth-order valence-electron chi connectivity index (χ4n) is 5.23. The number of piperidine rings is 1. The summed E-state index contributed by atoms with van der Waals surface area (Å²) < 4.78 is 11.7. The zero-order chi connectivity index (χ0) is 21.8. The number of ether oxygens (including phenoxy) is 2. The Morgan fingerprint density at radius 2 is 1.87 bits per heavy atom. The molecule has 2 heterocycles. The molecule has 0 aromatic heterocycles. The summed E-state index contributed by atoms with van der Waals surface area (Å²) >= 11 is 0. The van der Waals surface area contributed by atoms with Crippen LogP contribution in [0.15, 0.2) is 18.2 Å². The van der Waals surface area contributed by atoms with Crippen LogP contribution in [0.3, 0.4) is 0 Å². The molecule has 7 nitrogen and oxygen atoms in total. The Hall–Kier alpha value is -2.28. The van der Waals surface area contributed by atoms with Gasteiger partial charge in [-0.1, -0.05) is 19.8 Å². The maximum absolute atomic E-state index is 13.5. The van der Waals surface area contributed by atoms with E-state index < -0.39 is 6.04 Å². The summed E-state index contributed by atoms with van der Waals surface area (Å²) in [6, 6.07) is 5.70. The van der Waals surface area contributed by atoms with E-state index in [1.807, 2.05) is 19.1 Å². The smallest absolute Gasteiger partial charge is 0.258 e. The molecule has 1 aromatic rings. The number of likely N-dealkylation sites (tertiary alicyclic amines) is 1. The molecule has 1 aliphatic carbocycles. The van der Waals surface area contributed by atoms with Crippen LogP contribution in [0, 0.1) is 0 Å². The Bertz CT molecular complexity index is 785. The van der Waals surface area contributed by atoms with Crippen LogP contribution >= 0.6 is 0 Å². The van der Waals surface area contributed by atoms with Gasteiger partial charge < -0.3 is 24.6 Å². The molecule has 170 valence electrons. The number of benzene rings is 1. The number of rotatable bonds is 6. The number of hydrogen-bond donors (Lipinski definition) is 1. The highest BCUT2D eigenvalue weighted by molar-refractivity contribution is 6.00. The number of amides is 2. The number of nitrogens with one attached hydrogen (secondary N) is 1. The van der Waals surface area contributed by atoms with E-state index in [1.165, 1.54) is 25.7 Å². The molecule has 7 heteroatoms. The maximum Gasteiger partial charge on any atom is 0.258 e. The zero-order valence-electron chi connectivity index (χ0n) is 18.8. The topological polar surface area (TPSA) is 71.1 Å². The van der Waals surface area contributed by atoms with Gasteiger partial charge in [-0.15, -0.1) is 0 Å². The minimum Gasteiger partial charge on any atom is -0.497 e. The fraction of sp³-hybridized carbons (Fsp3) is 0.667. The molecule has 2 aliphatic heterocycles. The van der Waals surface area contributed by atoms with Gasteiger partial charge in [0.2, 0.25) is 5.91 Å². The first-order valence-electron chi connectivity index (χ1n) is 11.8. The standard InChI is InChI=1S/C24H35N3O4/c1-3-21-23(28)25-12-15-27(21)24(29)20-16-19(30-2)8-9-22(20)31-18-10-13-26(14-11-18)17-6-4-5-7-17/h8-9,16-18,21H,3-7,10-15H2,1-2H3,(H,25,28). The fourth-order valence-corrected chi connectivity index (χ4v) is 5.23. The van der Waals surface area contributed by atoms with Gasteiger partial charge in [0.05, 0.1) is 12.7 Å². The van der Waals surface area contributed by atoms with Gasteiger partial charge in [-0.05, 0) is 50.3 Å². The van der Waals surface area contributed by atoms with Crippen LogP contribution in [-0.2, 0) is 4.79 Å². The zero-order valence-corrected chi connectivity index (χ0v) is 18.8. The van der Waals surface area contributed by atoms with E-state index in [2.05, 4.69) is 10.2 Å². The molecule has 31 heavy (non-hydrogen) atoms. The predicted octanol–water partition coefficient (Wildman–Crippen LogP) is 2.83. The van der Waals surface area contributed by atoms with E-state index in [-0.39, 0.29) is 17.9 Å². The van der Waals surface area contributed by atoms with Crippen LogP contribution < -0.4 is 14.8 Å². The molecule has 4 rings (SSSR count). The number of piperazine rings is 1. The highest BCUT2D eigenvalue weighted by Gasteiger charge is 2.34. The highest BCUT2D eigenvalue weighted by atomic mass is 16.5. The summed E-state index contributed by atoms with van der Waals surface area (Å²) in [6.07, 6.45) is 7.98.